The van der Waals surface area contributed by atoms with Crippen molar-refractivity contribution in [2.75, 3.05) is 37.6 Å². The Labute approximate surface area is 120 Å². The van der Waals surface area contributed by atoms with Crippen molar-refractivity contribution in [1.82, 2.24) is 4.90 Å². The number of hydrogen-bond donors (Lipinski definition) is 1. The molecule has 0 amide bonds. The highest BCUT2D eigenvalue weighted by Gasteiger charge is 2.26. The molecule has 19 heavy (non-hydrogen) atoms. The van der Waals surface area contributed by atoms with Gasteiger partial charge in [0.1, 0.15) is 0 Å². The molecule has 3 nitrogen and oxygen atoms in total. The molecule has 2 N–H and O–H groups in total. The molecule has 0 unspecified atom stereocenters. The Hall–Kier alpha value is -0.770. The van der Waals surface area contributed by atoms with Gasteiger partial charge in [0.25, 0.3) is 0 Å². The van der Waals surface area contributed by atoms with Crippen molar-refractivity contribution < 1.29 is 0 Å². The first-order valence-corrected chi connectivity index (χ1v) is 7.60. The van der Waals surface area contributed by atoms with Crippen LogP contribution in [0.1, 0.15) is 18.4 Å². The van der Waals surface area contributed by atoms with E-state index >= 15 is 0 Å². The minimum absolute atomic E-state index is 0.508. The molecule has 104 valence electrons. The van der Waals surface area contributed by atoms with Crippen LogP contribution in [0, 0.1) is 5.92 Å². The molecule has 1 aromatic carbocycles. The number of piperazine rings is 1. The summed E-state index contributed by atoms with van der Waals surface area (Å²) in [6.07, 6.45) is 2.88. The van der Waals surface area contributed by atoms with Gasteiger partial charge in [0.2, 0.25) is 0 Å². The van der Waals surface area contributed by atoms with Crippen LogP contribution in [0.15, 0.2) is 18.2 Å². The van der Waals surface area contributed by atoms with Gasteiger partial charge in [0, 0.05) is 50.0 Å². The lowest BCUT2D eigenvalue weighted by Gasteiger charge is -2.36. The largest absolute Gasteiger partial charge is 0.369 e. The minimum Gasteiger partial charge on any atom is -0.369 e. The van der Waals surface area contributed by atoms with Gasteiger partial charge in [-0.3, -0.25) is 4.90 Å². The SMILES string of the molecule is NCc1ccc(N2CCN(CC3CC3)CC2)cc1Cl. The molecule has 2 aliphatic rings. The van der Waals surface area contributed by atoms with Gasteiger partial charge < -0.3 is 10.6 Å². The second kappa shape index (κ2) is 5.70. The first-order valence-electron chi connectivity index (χ1n) is 7.22. The van der Waals surface area contributed by atoms with E-state index in [0.717, 1.165) is 29.6 Å². The van der Waals surface area contributed by atoms with E-state index in [1.54, 1.807) is 0 Å². The summed E-state index contributed by atoms with van der Waals surface area (Å²) in [6.45, 7) is 6.37. The summed E-state index contributed by atoms with van der Waals surface area (Å²) in [5.41, 5.74) is 7.90. The summed E-state index contributed by atoms with van der Waals surface area (Å²) >= 11 is 6.24. The lowest BCUT2D eigenvalue weighted by atomic mass is 10.1. The lowest BCUT2D eigenvalue weighted by Crippen LogP contribution is -2.47. The van der Waals surface area contributed by atoms with Gasteiger partial charge in [-0.1, -0.05) is 17.7 Å². The fourth-order valence-corrected chi connectivity index (χ4v) is 3.00. The highest BCUT2D eigenvalue weighted by atomic mass is 35.5. The molecule has 0 radical (unpaired) electrons. The zero-order chi connectivity index (χ0) is 13.2. The lowest BCUT2D eigenvalue weighted by molar-refractivity contribution is 0.248. The number of hydrogen-bond acceptors (Lipinski definition) is 3. The molecule has 1 aliphatic heterocycles. The number of anilines is 1. The summed E-state index contributed by atoms with van der Waals surface area (Å²) in [4.78, 5) is 5.03. The quantitative estimate of drug-likeness (QED) is 0.918. The van der Waals surface area contributed by atoms with Crippen molar-refractivity contribution in [3.63, 3.8) is 0 Å². The summed E-state index contributed by atoms with van der Waals surface area (Å²) in [5, 5.41) is 0.792. The minimum atomic E-state index is 0.508. The molecule has 1 aliphatic carbocycles. The van der Waals surface area contributed by atoms with Crippen LogP contribution in [0.3, 0.4) is 0 Å². The standard InChI is InChI=1S/C15H22ClN3/c16-15-9-14(4-3-13(15)10-17)19-7-5-18(6-8-19)11-12-1-2-12/h3-4,9,12H,1-2,5-8,10-11,17H2. The van der Waals surface area contributed by atoms with E-state index in [1.165, 1.54) is 38.2 Å². The van der Waals surface area contributed by atoms with Gasteiger partial charge in [-0.25, -0.2) is 0 Å². The Morgan fingerprint density at radius 2 is 1.89 bits per heavy atom. The van der Waals surface area contributed by atoms with Gasteiger partial charge in [0.05, 0.1) is 0 Å². The second-order valence-electron chi connectivity index (χ2n) is 5.71. The molecule has 0 atom stereocenters. The number of rotatable bonds is 4. The van der Waals surface area contributed by atoms with E-state index in [-0.39, 0.29) is 0 Å². The zero-order valence-corrected chi connectivity index (χ0v) is 12.1. The molecule has 0 bridgehead atoms. The predicted molar refractivity (Wildman–Crippen MR) is 80.7 cm³/mol. The van der Waals surface area contributed by atoms with Gasteiger partial charge in [0.15, 0.2) is 0 Å². The van der Waals surface area contributed by atoms with Gasteiger partial charge in [-0.05, 0) is 36.5 Å². The van der Waals surface area contributed by atoms with E-state index in [0.29, 0.717) is 6.54 Å². The summed E-state index contributed by atoms with van der Waals surface area (Å²) in [7, 11) is 0. The molecular formula is C15H22ClN3. The molecule has 0 spiro atoms. The van der Waals surface area contributed by atoms with Crippen molar-refractivity contribution in [3.8, 4) is 0 Å². The molecular weight excluding hydrogens is 258 g/mol. The number of nitrogens with zero attached hydrogens (tertiary/aromatic N) is 2. The third kappa shape index (κ3) is 3.22. The van der Waals surface area contributed by atoms with Crippen LogP contribution in [-0.2, 0) is 6.54 Å². The topological polar surface area (TPSA) is 32.5 Å². The zero-order valence-electron chi connectivity index (χ0n) is 11.3. The second-order valence-corrected chi connectivity index (χ2v) is 6.12. The maximum atomic E-state index is 6.24. The third-order valence-electron chi connectivity index (χ3n) is 4.21. The molecule has 1 saturated heterocycles. The van der Waals surface area contributed by atoms with E-state index in [1.807, 2.05) is 6.07 Å². The van der Waals surface area contributed by atoms with Crippen molar-refractivity contribution in [3.05, 3.63) is 28.8 Å². The van der Waals surface area contributed by atoms with Crippen molar-refractivity contribution >= 4 is 17.3 Å². The van der Waals surface area contributed by atoms with Crippen molar-refractivity contribution in [1.29, 1.82) is 0 Å². The van der Waals surface area contributed by atoms with Gasteiger partial charge >= 0.3 is 0 Å². The van der Waals surface area contributed by atoms with Crippen LogP contribution in [0.4, 0.5) is 5.69 Å². The third-order valence-corrected chi connectivity index (χ3v) is 4.56. The number of halogens is 1. The van der Waals surface area contributed by atoms with Crippen molar-refractivity contribution in [2.24, 2.45) is 11.7 Å². The van der Waals surface area contributed by atoms with E-state index in [2.05, 4.69) is 21.9 Å². The Balaban J connectivity index is 1.59. The Kier molecular flexibility index (Phi) is 3.96. The average molecular weight is 280 g/mol. The summed E-state index contributed by atoms with van der Waals surface area (Å²) in [5.74, 6) is 0.991. The molecule has 1 aromatic rings. The summed E-state index contributed by atoms with van der Waals surface area (Å²) in [6, 6.07) is 6.25. The van der Waals surface area contributed by atoms with E-state index in [4.69, 9.17) is 17.3 Å². The Bertz CT molecular complexity index is 437. The smallest absolute Gasteiger partial charge is 0.0471 e. The fourth-order valence-electron chi connectivity index (χ4n) is 2.75. The van der Waals surface area contributed by atoms with E-state index < -0.39 is 0 Å². The van der Waals surface area contributed by atoms with Gasteiger partial charge in [-0.2, -0.15) is 0 Å². The monoisotopic (exact) mass is 279 g/mol. The average Bonchev–Trinajstić information content (AvgIpc) is 3.23. The highest BCUT2D eigenvalue weighted by Crippen LogP contribution is 2.30. The first-order chi connectivity index (χ1) is 9.26. The van der Waals surface area contributed by atoms with Gasteiger partial charge in [-0.15, -0.1) is 0 Å². The maximum Gasteiger partial charge on any atom is 0.0471 e. The van der Waals surface area contributed by atoms with Crippen LogP contribution < -0.4 is 10.6 Å². The molecule has 2 fully saturated rings. The fraction of sp³-hybridized carbons (Fsp3) is 0.600. The molecule has 1 heterocycles. The molecule has 4 heteroatoms. The maximum absolute atomic E-state index is 6.24. The predicted octanol–water partition coefficient (Wildman–Crippen LogP) is 2.33. The summed E-state index contributed by atoms with van der Waals surface area (Å²) < 4.78 is 0. The van der Waals surface area contributed by atoms with Crippen LogP contribution in [-0.4, -0.2) is 37.6 Å². The van der Waals surface area contributed by atoms with Crippen LogP contribution in [0.5, 0.6) is 0 Å². The van der Waals surface area contributed by atoms with Crippen LogP contribution in [0.2, 0.25) is 5.02 Å². The normalized spacial score (nSPS) is 20.8. The Morgan fingerprint density at radius 1 is 1.16 bits per heavy atom. The number of nitrogens with two attached hydrogens (primary N) is 1. The number of benzene rings is 1. The van der Waals surface area contributed by atoms with Crippen LogP contribution in [0.25, 0.3) is 0 Å². The van der Waals surface area contributed by atoms with Crippen molar-refractivity contribution in [2.45, 2.75) is 19.4 Å². The molecule has 1 saturated carbocycles. The molecule has 0 aromatic heterocycles. The molecule has 3 rings (SSSR count). The highest BCUT2D eigenvalue weighted by molar-refractivity contribution is 6.31. The first kappa shape index (κ1) is 13.2. The Morgan fingerprint density at radius 3 is 2.47 bits per heavy atom. The van der Waals surface area contributed by atoms with Crippen LogP contribution >= 0.6 is 11.6 Å². The van der Waals surface area contributed by atoms with E-state index in [9.17, 15) is 0 Å².